The lowest BCUT2D eigenvalue weighted by Gasteiger charge is -2.24. The number of rotatable bonds is 10. The van der Waals surface area contributed by atoms with Gasteiger partial charge in [-0.05, 0) is 59.7 Å². The van der Waals surface area contributed by atoms with E-state index in [2.05, 4.69) is 49.8 Å². The Bertz CT molecular complexity index is 1050. The van der Waals surface area contributed by atoms with E-state index in [1.165, 1.54) is 5.56 Å². The number of benzene rings is 1. The zero-order valence-corrected chi connectivity index (χ0v) is 19.4. The van der Waals surface area contributed by atoms with E-state index in [4.69, 9.17) is 9.15 Å². The first-order valence-corrected chi connectivity index (χ1v) is 11.0. The van der Waals surface area contributed by atoms with Crippen LogP contribution in [0.5, 0.6) is 5.75 Å². The van der Waals surface area contributed by atoms with Crippen LogP contribution in [0.4, 0.5) is 0 Å². The highest BCUT2D eigenvalue weighted by atomic mass is 16.5. The number of furan rings is 1. The minimum Gasteiger partial charge on any atom is -0.496 e. The monoisotopic (exact) mass is 432 g/mol. The molecule has 1 aromatic carbocycles. The average molecular weight is 433 g/mol. The fourth-order valence-corrected chi connectivity index (χ4v) is 3.59. The van der Waals surface area contributed by atoms with Gasteiger partial charge in [0, 0.05) is 24.4 Å². The van der Waals surface area contributed by atoms with Crippen molar-refractivity contribution >= 4 is 5.91 Å². The molecule has 0 saturated heterocycles. The Hall–Kier alpha value is -3.34. The summed E-state index contributed by atoms with van der Waals surface area (Å²) in [6.07, 6.45) is 7.40. The van der Waals surface area contributed by atoms with E-state index in [9.17, 15) is 4.79 Å². The molecule has 0 radical (unpaired) electrons. The number of carbonyl (C=O) groups excluding carboxylic acids is 1. The molecule has 2 aromatic heterocycles. The van der Waals surface area contributed by atoms with Crippen LogP contribution in [0.2, 0.25) is 0 Å². The van der Waals surface area contributed by atoms with Crippen molar-refractivity contribution in [2.45, 2.75) is 51.5 Å². The summed E-state index contributed by atoms with van der Waals surface area (Å²) in [7, 11) is 1.67. The molecule has 3 rings (SSSR count). The Morgan fingerprint density at radius 3 is 2.62 bits per heavy atom. The molecule has 2 heterocycles. The van der Waals surface area contributed by atoms with Crippen LogP contribution >= 0.6 is 0 Å². The van der Waals surface area contributed by atoms with Gasteiger partial charge in [0.15, 0.2) is 5.76 Å². The van der Waals surface area contributed by atoms with Crippen LogP contribution in [0.25, 0.3) is 0 Å². The summed E-state index contributed by atoms with van der Waals surface area (Å²) < 4.78 is 11.5. The Morgan fingerprint density at radius 1 is 1.22 bits per heavy atom. The van der Waals surface area contributed by atoms with Crippen LogP contribution in [-0.4, -0.2) is 18.0 Å². The molecule has 0 aliphatic rings. The maximum atomic E-state index is 12.8. The molecule has 0 bridgehead atoms. The van der Waals surface area contributed by atoms with Crippen molar-refractivity contribution < 1.29 is 13.9 Å². The number of nitrogens with one attached hydrogen (secondary N) is 1. The molecule has 3 aromatic rings. The van der Waals surface area contributed by atoms with E-state index in [1.807, 2.05) is 24.3 Å². The number of hydrogen-bond donors (Lipinski definition) is 1. The van der Waals surface area contributed by atoms with Gasteiger partial charge in [-0.25, -0.2) is 0 Å². The fourth-order valence-electron chi connectivity index (χ4n) is 3.59. The standard InChI is InChI=1S/C27H32N2O3/c1-6-8-23(19-13-15-28-16-14-19)29-26(30)25-12-10-22(32-25)18-20-17-21(27(3,4)7-2)9-11-24(20)31-5/h6,9-17,23H,1,7-8,18H2,2-5H3,(H,29,30). The smallest absolute Gasteiger partial charge is 0.287 e. The number of ether oxygens (including phenoxy) is 1. The first kappa shape index (κ1) is 23.3. The molecule has 0 saturated carbocycles. The van der Waals surface area contributed by atoms with Gasteiger partial charge < -0.3 is 14.5 Å². The van der Waals surface area contributed by atoms with Crippen molar-refractivity contribution in [3.05, 3.63) is 95.7 Å². The van der Waals surface area contributed by atoms with E-state index < -0.39 is 0 Å². The topological polar surface area (TPSA) is 64.4 Å². The molecular weight excluding hydrogens is 400 g/mol. The van der Waals surface area contributed by atoms with Crippen molar-refractivity contribution in [1.82, 2.24) is 10.3 Å². The Balaban J connectivity index is 1.78. The van der Waals surface area contributed by atoms with Crippen LogP contribution in [0.1, 0.15) is 72.7 Å². The molecule has 1 amide bonds. The molecule has 1 atom stereocenters. The number of hydrogen-bond acceptors (Lipinski definition) is 4. The SMILES string of the molecule is C=CCC(NC(=O)c1ccc(Cc2cc(C(C)(C)CC)ccc2OC)o1)c1ccncc1. The lowest BCUT2D eigenvalue weighted by molar-refractivity contribution is 0.0907. The molecule has 0 spiro atoms. The molecular formula is C27H32N2O3. The highest BCUT2D eigenvalue weighted by Crippen LogP contribution is 2.32. The molecule has 5 heteroatoms. The Morgan fingerprint density at radius 2 is 1.97 bits per heavy atom. The van der Waals surface area contributed by atoms with E-state index >= 15 is 0 Å². The Kier molecular flexibility index (Phi) is 7.52. The van der Waals surface area contributed by atoms with Crippen LogP contribution in [0.3, 0.4) is 0 Å². The molecule has 168 valence electrons. The van der Waals surface area contributed by atoms with Crippen LogP contribution in [0.15, 0.2) is 71.9 Å². The van der Waals surface area contributed by atoms with Gasteiger partial charge in [-0.2, -0.15) is 0 Å². The minimum absolute atomic E-state index is 0.0718. The maximum Gasteiger partial charge on any atom is 0.287 e. The molecule has 1 unspecified atom stereocenters. The van der Waals surface area contributed by atoms with Gasteiger partial charge in [-0.1, -0.05) is 39.0 Å². The summed E-state index contributed by atoms with van der Waals surface area (Å²) in [5.74, 6) is 1.55. The van der Waals surface area contributed by atoms with Crippen molar-refractivity contribution in [3.8, 4) is 5.75 Å². The second-order valence-corrected chi connectivity index (χ2v) is 8.54. The van der Waals surface area contributed by atoms with Gasteiger partial charge in [0.1, 0.15) is 11.5 Å². The third kappa shape index (κ3) is 5.47. The normalized spacial score (nSPS) is 12.2. The summed E-state index contributed by atoms with van der Waals surface area (Å²) in [5, 5.41) is 3.03. The van der Waals surface area contributed by atoms with Gasteiger partial charge in [0.25, 0.3) is 5.91 Å². The summed E-state index contributed by atoms with van der Waals surface area (Å²) in [6.45, 7) is 10.5. The minimum atomic E-state index is -0.257. The first-order chi connectivity index (χ1) is 15.4. The number of amides is 1. The van der Waals surface area contributed by atoms with Crippen molar-refractivity contribution in [2.75, 3.05) is 7.11 Å². The third-order valence-corrected chi connectivity index (χ3v) is 6.01. The van der Waals surface area contributed by atoms with E-state index in [0.29, 0.717) is 18.6 Å². The van der Waals surface area contributed by atoms with Gasteiger partial charge in [0.05, 0.1) is 13.2 Å². The highest BCUT2D eigenvalue weighted by molar-refractivity contribution is 5.91. The quantitative estimate of drug-likeness (QED) is 0.399. The number of methoxy groups -OCH3 is 1. The predicted octanol–water partition coefficient (Wildman–Crippen LogP) is 6.01. The predicted molar refractivity (Wildman–Crippen MR) is 127 cm³/mol. The molecule has 0 aliphatic carbocycles. The van der Waals surface area contributed by atoms with Gasteiger partial charge in [0.2, 0.25) is 0 Å². The van der Waals surface area contributed by atoms with Crippen molar-refractivity contribution in [2.24, 2.45) is 0 Å². The summed E-state index contributed by atoms with van der Waals surface area (Å²) in [5.41, 5.74) is 3.33. The second-order valence-electron chi connectivity index (χ2n) is 8.54. The number of aromatic nitrogens is 1. The average Bonchev–Trinajstić information content (AvgIpc) is 3.28. The number of pyridine rings is 1. The first-order valence-electron chi connectivity index (χ1n) is 11.0. The molecule has 32 heavy (non-hydrogen) atoms. The second kappa shape index (κ2) is 10.3. The van der Waals surface area contributed by atoms with Crippen molar-refractivity contribution in [3.63, 3.8) is 0 Å². The van der Waals surface area contributed by atoms with Crippen LogP contribution in [0, 0.1) is 0 Å². The molecule has 0 fully saturated rings. The largest absolute Gasteiger partial charge is 0.496 e. The van der Waals surface area contributed by atoms with Crippen LogP contribution in [-0.2, 0) is 11.8 Å². The lowest BCUT2D eigenvalue weighted by Crippen LogP contribution is -2.28. The van der Waals surface area contributed by atoms with Crippen LogP contribution < -0.4 is 10.1 Å². The fraction of sp³-hybridized carbons (Fsp3) is 0.333. The maximum absolute atomic E-state index is 12.8. The zero-order valence-electron chi connectivity index (χ0n) is 19.4. The Labute approximate surface area is 190 Å². The van der Waals surface area contributed by atoms with Gasteiger partial charge in [-0.15, -0.1) is 6.58 Å². The number of carbonyl (C=O) groups is 1. The zero-order chi connectivity index (χ0) is 23.1. The van der Waals surface area contributed by atoms with Gasteiger partial charge in [-0.3, -0.25) is 9.78 Å². The van der Waals surface area contributed by atoms with E-state index in [0.717, 1.165) is 23.3 Å². The summed E-state index contributed by atoms with van der Waals surface area (Å²) in [6, 6.07) is 13.4. The highest BCUT2D eigenvalue weighted by Gasteiger charge is 2.21. The molecule has 0 aliphatic heterocycles. The molecule has 5 nitrogen and oxygen atoms in total. The van der Waals surface area contributed by atoms with Crippen molar-refractivity contribution in [1.29, 1.82) is 0 Å². The number of nitrogens with zero attached hydrogens (tertiary/aromatic N) is 1. The lowest BCUT2D eigenvalue weighted by atomic mass is 9.81. The van der Waals surface area contributed by atoms with E-state index in [1.54, 1.807) is 31.6 Å². The summed E-state index contributed by atoms with van der Waals surface area (Å²) in [4.78, 5) is 16.9. The summed E-state index contributed by atoms with van der Waals surface area (Å²) >= 11 is 0. The third-order valence-electron chi connectivity index (χ3n) is 6.01. The van der Waals surface area contributed by atoms with Gasteiger partial charge >= 0.3 is 0 Å². The molecule has 1 N–H and O–H groups in total. The van der Waals surface area contributed by atoms with E-state index in [-0.39, 0.29) is 23.1 Å².